The summed E-state index contributed by atoms with van der Waals surface area (Å²) in [6.45, 7) is 10.4. The van der Waals surface area contributed by atoms with Crippen LogP contribution in [-0.4, -0.2) is 6.04 Å². The number of nitrogens with two attached hydrogens (primary N) is 1. The Morgan fingerprint density at radius 2 is 1.61 bits per heavy atom. The van der Waals surface area contributed by atoms with E-state index in [9.17, 15) is 0 Å². The second kappa shape index (κ2) is 8.24. The number of hydrogen-bond acceptors (Lipinski definition) is 1. The van der Waals surface area contributed by atoms with Gasteiger partial charge in [-0.2, -0.15) is 0 Å². The van der Waals surface area contributed by atoms with Crippen LogP contribution in [0.5, 0.6) is 0 Å². The first-order chi connectivity index (χ1) is 13.4. The van der Waals surface area contributed by atoms with Crippen LogP contribution in [0.4, 0.5) is 0 Å². The predicted octanol–water partition coefficient (Wildman–Crippen LogP) is 7.58. The summed E-state index contributed by atoms with van der Waals surface area (Å²) in [6, 6.07) is 0.493. The quantitative estimate of drug-likeness (QED) is 0.467. The Balaban J connectivity index is 1.45. The molecule has 9 unspecified atom stereocenters. The van der Waals surface area contributed by atoms with Gasteiger partial charge < -0.3 is 5.73 Å². The zero-order valence-electron chi connectivity index (χ0n) is 19.5. The monoisotopic (exact) mass is 387 g/mol. The van der Waals surface area contributed by atoms with Crippen LogP contribution in [0.15, 0.2) is 0 Å². The molecule has 0 aromatic rings. The molecule has 2 N–H and O–H groups in total. The van der Waals surface area contributed by atoms with Gasteiger partial charge in [0.1, 0.15) is 0 Å². The third-order valence-corrected chi connectivity index (χ3v) is 11.0. The minimum absolute atomic E-state index is 0.493. The second-order valence-corrected chi connectivity index (χ2v) is 12.2. The molecule has 0 aromatic heterocycles. The van der Waals surface area contributed by atoms with Crippen molar-refractivity contribution in [2.45, 2.75) is 124 Å². The highest BCUT2D eigenvalue weighted by molar-refractivity contribution is 5.09. The SMILES string of the molecule is CCCCCCC(C)C1CCC2C3CCC4CC(N)CCC4(C)C3CCC12C. The van der Waals surface area contributed by atoms with Crippen molar-refractivity contribution in [1.29, 1.82) is 0 Å². The van der Waals surface area contributed by atoms with E-state index in [4.69, 9.17) is 5.73 Å². The van der Waals surface area contributed by atoms with E-state index in [1.807, 2.05) is 0 Å². The highest BCUT2D eigenvalue weighted by Crippen LogP contribution is 2.68. The van der Waals surface area contributed by atoms with Crippen molar-refractivity contribution >= 4 is 0 Å². The lowest BCUT2D eigenvalue weighted by Gasteiger charge is -2.61. The molecule has 4 saturated carbocycles. The summed E-state index contributed by atoms with van der Waals surface area (Å²) in [4.78, 5) is 0. The first-order valence-electron chi connectivity index (χ1n) is 13.2. The van der Waals surface area contributed by atoms with Crippen LogP contribution in [0.1, 0.15) is 118 Å². The van der Waals surface area contributed by atoms with E-state index in [1.54, 1.807) is 6.42 Å². The molecule has 0 amide bonds. The fraction of sp³-hybridized carbons (Fsp3) is 1.00. The smallest absolute Gasteiger partial charge is 0.00418 e. The minimum Gasteiger partial charge on any atom is -0.328 e. The van der Waals surface area contributed by atoms with Gasteiger partial charge in [0.25, 0.3) is 0 Å². The summed E-state index contributed by atoms with van der Waals surface area (Å²) in [6.07, 6.45) is 20.4. The maximum atomic E-state index is 6.39. The number of hydrogen-bond donors (Lipinski definition) is 1. The van der Waals surface area contributed by atoms with Crippen LogP contribution in [-0.2, 0) is 0 Å². The van der Waals surface area contributed by atoms with E-state index >= 15 is 0 Å². The normalized spacial score (nSPS) is 49.2. The Kier molecular flexibility index (Phi) is 6.24. The van der Waals surface area contributed by atoms with Gasteiger partial charge in [-0.25, -0.2) is 0 Å². The van der Waals surface area contributed by atoms with Gasteiger partial charge >= 0.3 is 0 Å². The Morgan fingerprint density at radius 3 is 2.39 bits per heavy atom. The molecule has 4 rings (SSSR count). The molecule has 4 aliphatic rings. The molecular formula is C27H49N. The summed E-state index contributed by atoms with van der Waals surface area (Å²) in [5, 5.41) is 0. The van der Waals surface area contributed by atoms with E-state index in [2.05, 4.69) is 27.7 Å². The molecule has 0 radical (unpaired) electrons. The fourth-order valence-corrected chi connectivity index (χ4v) is 9.36. The standard InChI is InChI=1S/C27H49N/c1-5-6-7-8-9-19(2)23-12-13-24-22-11-10-20-18-21(28)14-16-26(20,3)25(22)15-17-27(23,24)4/h19-25H,5-18,28H2,1-4H3. The molecule has 162 valence electrons. The van der Waals surface area contributed by atoms with Gasteiger partial charge in [-0.1, -0.05) is 59.8 Å². The molecule has 9 atom stereocenters. The Labute approximate surface area is 176 Å². The topological polar surface area (TPSA) is 26.0 Å². The van der Waals surface area contributed by atoms with Crippen molar-refractivity contribution in [3.63, 3.8) is 0 Å². The summed E-state index contributed by atoms with van der Waals surface area (Å²) in [5.41, 5.74) is 7.65. The van der Waals surface area contributed by atoms with Crippen LogP contribution in [0, 0.1) is 46.3 Å². The summed E-state index contributed by atoms with van der Waals surface area (Å²) >= 11 is 0. The van der Waals surface area contributed by atoms with Gasteiger partial charge in [0.2, 0.25) is 0 Å². The lowest BCUT2D eigenvalue weighted by Crippen LogP contribution is -2.54. The number of fused-ring (bicyclic) bond motifs is 5. The molecule has 0 aliphatic heterocycles. The summed E-state index contributed by atoms with van der Waals surface area (Å²) < 4.78 is 0. The summed E-state index contributed by atoms with van der Waals surface area (Å²) in [7, 11) is 0. The summed E-state index contributed by atoms with van der Waals surface area (Å²) in [5.74, 6) is 5.95. The third kappa shape index (κ3) is 3.50. The van der Waals surface area contributed by atoms with Crippen molar-refractivity contribution < 1.29 is 0 Å². The Morgan fingerprint density at radius 1 is 0.857 bits per heavy atom. The number of rotatable bonds is 6. The molecule has 1 heteroatoms. The third-order valence-electron chi connectivity index (χ3n) is 11.0. The maximum Gasteiger partial charge on any atom is 0.00418 e. The average Bonchev–Trinajstić information content (AvgIpc) is 3.03. The highest BCUT2D eigenvalue weighted by Gasteiger charge is 2.60. The average molecular weight is 388 g/mol. The van der Waals surface area contributed by atoms with Gasteiger partial charge in [-0.15, -0.1) is 0 Å². The van der Waals surface area contributed by atoms with E-state index in [0.717, 1.165) is 35.5 Å². The molecule has 4 aliphatic carbocycles. The molecular weight excluding hydrogens is 338 g/mol. The first-order valence-corrected chi connectivity index (χ1v) is 13.2. The molecule has 0 spiro atoms. The van der Waals surface area contributed by atoms with Crippen molar-refractivity contribution in [1.82, 2.24) is 0 Å². The molecule has 28 heavy (non-hydrogen) atoms. The van der Waals surface area contributed by atoms with Crippen molar-refractivity contribution in [3.05, 3.63) is 0 Å². The van der Waals surface area contributed by atoms with Crippen molar-refractivity contribution in [2.75, 3.05) is 0 Å². The van der Waals surface area contributed by atoms with Crippen LogP contribution in [0.25, 0.3) is 0 Å². The molecule has 1 nitrogen and oxygen atoms in total. The predicted molar refractivity (Wildman–Crippen MR) is 121 cm³/mol. The van der Waals surface area contributed by atoms with Gasteiger partial charge in [0.05, 0.1) is 0 Å². The maximum absolute atomic E-state index is 6.39. The lowest BCUT2D eigenvalue weighted by molar-refractivity contribution is -0.116. The molecule has 0 saturated heterocycles. The van der Waals surface area contributed by atoms with Gasteiger partial charge in [0, 0.05) is 6.04 Å². The first kappa shape index (κ1) is 21.2. The lowest BCUT2D eigenvalue weighted by atomic mass is 9.44. The van der Waals surface area contributed by atoms with Crippen LogP contribution in [0.3, 0.4) is 0 Å². The zero-order valence-corrected chi connectivity index (χ0v) is 19.5. The second-order valence-electron chi connectivity index (χ2n) is 12.2. The molecule has 0 heterocycles. The van der Waals surface area contributed by atoms with Crippen molar-refractivity contribution in [2.24, 2.45) is 52.1 Å². The Bertz CT molecular complexity index is 528. The minimum atomic E-state index is 0.493. The van der Waals surface area contributed by atoms with E-state index in [-0.39, 0.29) is 0 Å². The largest absolute Gasteiger partial charge is 0.328 e. The van der Waals surface area contributed by atoms with Crippen LogP contribution in [0.2, 0.25) is 0 Å². The van der Waals surface area contributed by atoms with Crippen LogP contribution >= 0.6 is 0 Å². The molecule has 0 bridgehead atoms. The molecule has 0 aromatic carbocycles. The van der Waals surface area contributed by atoms with E-state index in [0.29, 0.717) is 16.9 Å². The zero-order chi connectivity index (χ0) is 19.9. The van der Waals surface area contributed by atoms with Gasteiger partial charge in [-0.3, -0.25) is 0 Å². The Hall–Kier alpha value is -0.0400. The van der Waals surface area contributed by atoms with E-state index in [1.165, 1.54) is 83.5 Å². The van der Waals surface area contributed by atoms with Crippen LogP contribution < -0.4 is 5.73 Å². The van der Waals surface area contributed by atoms with Crippen molar-refractivity contribution in [3.8, 4) is 0 Å². The number of unbranched alkanes of at least 4 members (excludes halogenated alkanes) is 3. The van der Waals surface area contributed by atoms with Gasteiger partial charge in [-0.05, 0) is 104 Å². The molecule has 4 fully saturated rings. The highest BCUT2D eigenvalue weighted by atomic mass is 14.7. The fourth-order valence-electron chi connectivity index (χ4n) is 9.36. The van der Waals surface area contributed by atoms with Gasteiger partial charge in [0.15, 0.2) is 0 Å². The van der Waals surface area contributed by atoms with E-state index < -0.39 is 0 Å².